The summed E-state index contributed by atoms with van der Waals surface area (Å²) in [6, 6.07) is 8.72. The molecule has 1 fully saturated rings. The van der Waals surface area contributed by atoms with Crippen LogP contribution in [0.2, 0.25) is 5.02 Å². The minimum atomic E-state index is -3.67. The number of hydrogen-bond donors (Lipinski definition) is 1. The van der Waals surface area contributed by atoms with E-state index in [-0.39, 0.29) is 28.4 Å². The normalized spacial score (nSPS) is 14.4. The van der Waals surface area contributed by atoms with E-state index in [4.69, 9.17) is 16.0 Å². The smallest absolute Gasteiger partial charge is 0.311 e. The van der Waals surface area contributed by atoms with Gasteiger partial charge in [0.2, 0.25) is 15.9 Å². The fourth-order valence-electron chi connectivity index (χ4n) is 3.10. The Bertz CT molecular complexity index is 1140. The lowest BCUT2D eigenvalue weighted by Gasteiger charge is -2.11. The van der Waals surface area contributed by atoms with E-state index in [1.807, 2.05) is 12.1 Å². The highest BCUT2D eigenvalue weighted by Crippen LogP contribution is 2.28. The summed E-state index contributed by atoms with van der Waals surface area (Å²) in [6.45, 7) is 1.62. The lowest BCUT2D eigenvalue weighted by molar-refractivity contribution is 0.0754. The molecule has 0 radical (unpaired) electrons. The Hall–Kier alpha value is -2.27. The fraction of sp³-hybridized carbons (Fsp3) is 0.316. The summed E-state index contributed by atoms with van der Waals surface area (Å²) in [5.41, 5.74) is 1.45. The highest BCUT2D eigenvalue weighted by Gasteiger charge is 2.25. The van der Waals surface area contributed by atoms with E-state index in [0.717, 1.165) is 29.7 Å². The van der Waals surface area contributed by atoms with Gasteiger partial charge in [-0.25, -0.2) is 13.1 Å². The van der Waals surface area contributed by atoms with E-state index in [0.29, 0.717) is 30.1 Å². The van der Waals surface area contributed by atoms with Crippen molar-refractivity contribution >= 4 is 38.9 Å². The predicted molar refractivity (Wildman–Crippen MR) is 113 cm³/mol. The van der Waals surface area contributed by atoms with Gasteiger partial charge >= 0.3 is 11.8 Å². The second-order valence-corrected chi connectivity index (χ2v) is 10.2. The number of nitrogens with zero attached hydrogens (tertiary/aromatic N) is 3. The summed E-state index contributed by atoms with van der Waals surface area (Å²) in [5, 5.41) is 9.97. The Kier molecular flexibility index (Phi) is 6.19. The first-order valence-corrected chi connectivity index (χ1v) is 12.1. The lowest BCUT2D eigenvalue weighted by atomic mass is 10.2. The van der Waals surface area contributed by atoms with E-state index in [2.05, 4.69) is 14.9 Å². The van der Waals surface area contributed by atoms with Gasteiger partial charge in [0.05, 0.1) is 5.56 Å². The molecular weight excluding hydrogens is 448 g/mol. The summed E-state index contributed by atoms with van der Waals surface area (Å²) >= 11 is 6.91. The third-order valence-electron chi connectivity index (χ3n) is 4.71. The van der Waals surface area contributed by atoms with Crippen LogP contribution in [0.4, 0.5) is 0 Å². The van der Waals surface area contributed by atoms with Crippen molar-refractivity contribution in [2.45, 2.75) is 23.5 Å². The van der Waals surface area contributed by atoms with E-state index >= 15 is 0 Å². The van der Waals surface area contributed by atoms with Gasteiger partial charge in [0.25, 0.3) is 0 Å². The number of carbonyl (C=O) groups excluding carboxylic acids is 1. The van der Waals surface area contributed by atoms with Crippen LogP contribution in [0.15, 0.2) is 44.3 Å². The van der Waals surface area contributed by atoms with Crippen molar-refractivity contribution in [2.75, 3.05) is 19.6 Å². The van der Waals surface area contributed by atoms with Crippen LogP contribution in [0.3, 0.4) is 0 Å². The molecule has 0 atom stereocenters. The average molecular weight is 467 g/mol. The minimum absolute atomic E-state index is 0.0800. The van der Waals surface area contributed by atoms with E-state index in [1.54, 1.807) is 22.4 Å². The average Bonchev–Trinajstić information content (AvgIpc) is 3.49. The van der Waals surface area contributed by atoms with Crippen molar-refractivity contribution in [3.05, 3.63) is 52.2 Å². The summed E-state index contributed by atoms with van der Waals surface area (Å²) in [6.07, 6.45) is 2.47. The van der Waals surface area contributed by atoms with Crippen molar-refractivity contribution in [3.8, 4) is 11.5 Å². The van der Waals surface area contributed by atoms with Crippen molar-refractivity contribution < 1.29 is 17.6 Å². The van der Waals surface area contributed by atoms with Gasteiger partial charge in [-0.05, 0) is 43.0 Å². The number of likely N-dealkylation sites (tertiary alicyclic amines) is 1. The van der Waals surface area contributed by atoms with Crippen LogP contribution >= 0.6 is 22.9 Å². The van der Waals surface area contributed by atoms with Gasteiger partial charge in [0, 0.05) is 30.0 Å². The highest BCUT2D eigenvalue weighted by molar-refractivity contribution is 7.91. The van der Waals surface area contributed by atoms with E-state index in [1.165, 1.54) is 6.07 Å². The van der Waals surface area contributed by atoms with Crippen LogP contribution in [0.5, 0.6) is 0 Å². The molecular formula is C19H19ClN4O4S2. The number of aromatic nitrogens is 2. The molecule has 0 spiro atoms. The number of hydrogen-bond acceptors (Lipinski definition) is 7. The van der Waals surface area contributed by atoms with Crippen LogP contribution in [-0.2, 0) is 16.4 Å². The van der Waals surface area contributed by atoms with Gasteiger partial charge in [0.15, 0.2) is 0 Å². The SMILES string of the molecule is O=C(c1nnc(-c2csc(S(=O)(=O)NCCc3ccc(Cl)cc3)c2)o1)N1CCCC1. The predicted octanol–water partition coefficient (Wildman–Crippen LogP) is 3.21. The third kappa shape index (κ3) is 4.72. The van der Waals surface area contributed by atoms with Crippen molar-refractivity contribution in [2.24, 2.45) is 0 Å². The van der Waals surface area contributed by atoms with Crippen LogP contribution in [-0.4, -0.2) is 49.1 Å². The zero-order valence-electron chi connectivity index (χ0n) is 15.9. The topological polar surface area (TPSA) is 105 Å². The van der Waals surface area contributed by atoms with Crippen LogP contribution in [0.25, 0.3) is 11.5 Å². The molecule has 3 heterocycles. The zero-order chi connectivity index (χ0) is 21.1. The molecule has 30 heavy (non-hydrogen) atoms. The molecule has 3 aromatic rings. The largest absolute Gasteiger partial charge is 0.412 e. The first-order valence-electron chi connectivity index (χ1n) is 9.38. The summed E-state index contributed by atoms with van der Waals surface area (Å²) in [5.74, 6) is -0.252. The number of rotatable bonds is 7. The summed E-state index contributed by atoms with van der Waals surface area (Å²) in [7, 11) is -3.67. The first-order chi connectivity index (χ1) is 14.4. The van der Waals surface area contributed by atoms with Gasteiger partial charge in [0.1, 0.15) is 4.21 Å². The lowest BCUT2D eigenvalue weighted by Crippen LogP contribution is -2.27. The number of carbonyl (C=O) groups is 1. The Morgan fingerprint density at radius 1 is 1.20 bits per heavy atom. The number of thiophene rings is 1. The first kappa shape index (κ1) is 21.0. The number of benzene rings is 1. The second-order valence-electron chi connectivity index (χ2n) is 6.84. The zero-order valence-corrected chi connectivity index (χ0v) is 18.3. The third-order valence-corrected chi connectivity index (χ3v) is 7.86. The Labute approximate surface area is 182 Å². The molecule has 4 rings (SSSR count). The van der Waals surface area contributed by atoms with Gasteiger partial charge in [-0.15, -0.1) is 21.5 Å². The molecule has 1 N–H and O–H groups in total. The quantitative estimate of drug-likeness (QED) is 0.573. The van der Waals surface area contributed by atoms with Crippen molar-refractivity contribution in [1.29, 1.82) is 0 Å². The van der Waals surface area contributed by atoms with E-state index < -0.39 is 10.0 Å². The van der Waals surface area contributed by atoms with Crippen molar-refractivity contribution in [1.82, 2.24) is 19.8 Å². The molecule has 0 unspecified atom stereocenters. The fourth-order valence-corrected chi connectivity index (χ4v) is 5.46. The minimum Gasteiger partial charge on any atom is -0.412 e. The van der Waals surface area contributed by atoms with Crippen LogP contribution in [0, 0.1) is 0 Å². The molecule has 1 saturated heterocycles. The molecule has 8 nitrogen and oxygen atoms in total. The molecule has 2 aromatic heterocycles. The van der Waals surface area contributed by atoms with Crippen LogP contribution < -0.4 is 4.72 Å². The van der Waals surface area contributed by atoms with Gasteiger partial charge in [-0.3, -0.25) is 4.79 Å². The van der Waals surface area contributed by atoms with Gasteiger partial charge < -0.3 is 9.32 Å². The Morgan fingerprint density at radius 2 is 1.93 bits per heavy atom. The standard InChI is InChI=1S/C19H19ClN4O4S2/c20-15-5-3-13(4-6-15)7-8-21-30(26,27)16-11-14(12-29-16)17-22-23-18(28-17)19(25)24-9-1-2-10-24/h3-6,11-12,21H,1-2,7-10H2. The monoisotopic (exact) mass is 466 g/mol. The molecule has 0 bridgehead atoms. The van der Waals surface area contributed by atoms with Gasteiger partial charge in [-0.2, -0.15) is 0 Å². The van der Waals surface area contributed by atoms with Crippen LogP contribution in [0.1, 0.15) is 29.1 Å². The summed E-state index contributed by atoms with van der Waals surface area (Å²) < 4.78 is 33.3. The molecule has 1 aliphatic heterocycles. The number of nitrogens with one attached hydrogen (secondary N) is 1. The second kappa shape index (κ2) is 8.84. The summed E-state index contributed by atoms with van der Waals surface area (Å²) in [4.78, 5) is 14.0. The molecule has 0 saturated carbocycles. The Morgan fingerprint density at radius 3 is 2.67 bits per heavy atom. The van der Waals surface area contributed by atoms with E-state index in [9.17, 15) is 13.2 Å². The molecule has 11 heteroatoms. The molecule has 0 aliphatic carbocycles. The number of sulfonamides is 1. The number of amides is 1. The maximum Gasteiger partial charge on any atom is 0.311 e. The molecule has 1 amide bonds. The molecule has 1 aromatic carbocycles. The molecule has 1 aliphatic rings. The maximum atomic E-state index is 12.6. The maximum absolute atomic E-state index is 12.6. The molecule has 158 valence electrons. The highest BCUT2D eigenvalue weighted by atomic mass is 35.5. The van der Waals surface area contributed by atoms with Gasteiger partial charge in [-0.1, -0.05) is 23.7 Å². The number of halogens is 1. The Balaban J connectivity index is 1.40. The van der Waals surface area contributed by atoms with Crippen molar-refractivity contribution in [3.63, 3.8) is 0 Å².